The third-order valence-electron chi connectivity index (χ3n) is 3.83. The van der Waals surface area contributed by atoms with Crippen molar-refractivity contribution in [3.63, 3.8) is 0 Å². The van der Waals surface area contributed by atoms with E-state index in [2.05, 4.69) is 29.4 Å². The van der Waals surface area contributed by atoms with Crippen molar-refractivity contribution in [1.82, 2.24) is 20.1 Å². The molecule has 21 heavy (non-hydrogen) atoms. The van der Waals surface area contributed by atoms with Crippen LogP contribution < -0.4 is 5.32 Å². The molecule has 6 nitrogen and oxygen atoms in total. The molecule has 0 atom stereocenters. The Morgan fingerprint density at radius 1 is 1.48 bits per heavy atom. The van der Waals surface area contributed by atoms with E-state index in [0.717, 1.165) is 30.8 Å². The number of nitrogens with zero attached hydrogens (tertiary/aromatic N) is 3. The largest absolute Gasteiger partial charge is 0.393 e. The van der Waals surface area contributed by atoms with Crippen molar-refractivity contribution >= 4 is 17.7 Å². The third kappa shape index (κ3) is 5.00. The normalized spacial score (nSPS) is 22.5. The molecule has 1 saturated carbocycles. The number of aliphatic hydroxyl groups is 1. The Morgan fingerprint density at radius 2 is 2.19 bits per heavy atom. The molecule has 0 unspecified atom stereocenters. The van der Waals surface area contributed by atoms with Crippen LogP contribution in [0.3, 0.4) is 0 Å². The lowest BCUT2D eigenvalue weighted by Gasteiger charge is -2.25. The molecule has 1 aliphatic carbocycles. The van der Waals surface area contributed by atoms with Gasteiger partial charge in [0, 0.05) is 12.6 Å². The van der Waals surface area contributed by atoms with Gasteiger partial charge >= 0.3 is 0 Å². The fourth-order valence-corrected chi connectivity index (χ4v) is 3.35. The van der Waals surface area contributed by atoms with Crippen LogP contribution in [-0.2, 0) is 4.79 Å². The van der Waals surface area contributed by atoms with Crippen LogP contribution in [0.2, 0.25) is 0 Å². The fourth-order valence-electron chi connectivity index (χ4n) is 2.48. The molecule has 1 amide bonds. The number of thioether (sulfide) groups is 1. The van der Waals surface area contributed by atoms with E-state index in [-0.39, 0.29) is 12.0 Å². The lowest BCUT2D eigenvalue weighted by Crippen LogP contribution is -2.33. The molecule has 0 spiro atoms. The zero-order valence-electron chi connectivity index (χ0n) is 12.7. The van der Waals surface area contributed by atoms with E-state index in [1.807, 2.05) is 4.57 Å². The molecule has 118 valence electrons. The van der Waals surface area contributed by atoms with Gasteiger partial charge in [-0.2, -0.15) is 0 Å². The molecule has 0 radical (unpaired) electrons. The van der Waals surface area contributed by atoms with Gasteiger partial charge in [-0.05, 0) is 45.4 Å². The van der Waals surface area contributed by atoms with Crippen LogP contribution in [0.4, 0.5) is 0 Å². The Kier molecular flexibility index (Phi) is 6.05. The van der Waals surface area contributed by atoms with Crippen LogP contribution in [0.15, 0.2) is 11.5 Å². The Bertz CT molecular complexity index is 456. The van der Waals surface area contributed by atoms with Crippen LogP contribution in [0, 0.1) is 5.92 Å². The molecule has 2 N–H and O–H groups in total. The van der Waals surface area contributed by atoms with E-state index in [0.29, 0.717) is 24.3 Å². The van der Waals surface area contributed by atoms with E-state index < -0.39 is 0 Å². The van der Waals surface area contributed by atoms with Crippen LogP contribution in [0.5, 0.6) is 0 Å². The van der Waals surface area contributed by atoms with Crippen LogP contribution in [0.25, 0.3) is 0 Å². The van der Waals surface area contributed by atoms with Crippen LogP contribution in [0.1, 0.15) is 45.6 Å². The second-order valence-electron chi connectivity index (χ2n) is 5.88. The van der Waals surface area contributed by atoms with Crippen molar-refractivity contribution < 1.29 is 9.90 Å². The summed E-state index contributed by atoms with van der Waals surface area (Å²) in [4.78, 5) is 11.9. The minimum Gasteiger partial charge on any atom is -0.393 e. The quantitative estimate of drug-likeness (QED) is 0.780. The predicted octanol–water partition coefficient (Wildman–Crippen LogP) is 1.62. The van der Waals surface area contributed by atoms with Crippen LogP contribution in [-0.4, -0.2) is 44.2 Å². The van der Waals surface area contributed by atoms with Crippen molar-refractivity contribution in [2.75, 3.05) is 12.3 Å². The number of hydrogen-bond acceptors (Lipinski definition) is 5. The lowest BCUT2D eigenvalue weighted by molar-refractivity contribution is -0.118. The van der Waals surface area contributed by atoms with Gasteiger partial charge in [0.1, 0.15) is 6.33 Å². The van der Waals surface area contributed by atoms with E-state index in [9.17, 15) is 9.90 Å². The first-order valence-electron chi connectivity index (χ1n) is 7.53. The van der Waals surface area contributed by atoms with E-state index in [1.54, 1.807) is 6.33 Å². The summed E-state index contributed by atoms with van der Waals surface area (Å²) in [6.07, 6.45) is 5.25. The standard InChI is InChI=1S/C14H24N4O2S/c1-10(2)18-9-16-17-14(18)21-8-13(20)15-7-11-3-5-12(19)6-4-11/h9-12,19H,3-8H2,1-2H3,(H,15,20). The van der Waals surface area contributed by atoms with Crippen molar-refractivity contribution in [2.45, 2.75) is 56.8 Å². The third-order valence-corrected chi connectivity index (χ3v) is 4.79. The average Bonchev–Trinajstić information content (AvgIpc) is 2.93. The molecular formula is C14H24N4O2S. The van der Waals surface area contributed by atoms with Gasteiger partial charge in [-0.25, -0.2) is 0 Å². The molecule has 7 heteroatoms. The maximum absolute atomic E-state index is 11.9. The Morgan fingerprint density at radius 3 is 2.86 bits per heavy atom. The first-order chi connectivity index (χ1) is 10.1. The highest BCUT2D eigenvalue weighted by Crippen LogP contribution is 2.23. The summed E-state index contributed by atoms with van der Waals surface area (Å²) in [5, 5.41) is 21.1. The van der Waals surface area contributed by atoms with Gasteiger partial charge in [-0.1, -0.05) is 11.8 Å². The zero-order valence-corrected chi connectivity index (χ0v) is 13.5. The van der Waals surface area contributed by atoms with Crippen LogP contribution >= 0.6 is 11.8 Å². The number of aromatic nitrogens is 3. The zero-order chi connectivity index (χ0) is 15.2. The highest BCUT2D eigenvalue weighted by molar-refractivity contribution is 7.99. The van der Waals surface area contributed by atoms with Crippen molar-refractivity contribution in [2.24, 2.45) is 5.92 Å². The molecule has 1 aromatic heterocycles. The summed E-state index contributed by atoms with van der Waals surface area (Å²) in [7, 11) is 0. The van der Waals surface area contributed by atoms with Gasteiger partial charge in [0.05, 0.1) is 11.9 Å². The van der Waals surface area contributed by atoms with Gasteiger partial charge in [-0.15, -0.1) is 10.2 Å². The summed E-state index contributed by atoms with van der Waals surface area (Å²) in [6.45, 7) is 4.83. The Labute approximate surface area is 129 Å². The van der Waals surface area contributed by atoms with Gasteiger partial charge in [0.15, 0.2) is 5.16 Å². The molecule has 0 aromatic carbocycles. The molecule has 1 fully saturated rings. The summed E-state index contributed by atoms with van der Waals surface area (Å²) < 4.78 is 1.96. The highest BCUT2D eigenvalue weighted by Gasteiger charge is 2.19. The smallest absolute Gasteiger partial charge is 0.230 e. The Hall–Kier alpha value is -1.08. The molecule has 2 rings (SSSR count). The molecule has 0 bridgehead atoms. The van der Waals surface area contributed by atoms with Gasteiger partial charge in [0.2, 0.25) is 5.91 Å². The summed E-state index contributed by atoms with van der Waals surface area (Å²) in [6, 6.07) is 0.291. The average molecular weight is 312 g/mol. The maximum Gasteiger partial charge on any atom is 0.230 e. The fraction of sp³-hybridized carbons (Fsp3) is 0.786. The second-order valence-corrected chi connectivity index (χ2v) is 6.82. The van der Waals surface area contributed by atoms with E-state index in [4.69, 9.17) is 0 Å². The van der Waals surface area contributed by atoms with Crippen molar-refractivity contribution in [1.29, 1.82) is 0 Å². The molecule has 1 heterocycles. The molecule has 1 aromatic rings. The summed E-state index contributed by atoms with van der Waals surface area (Å²) in [5.41, 5.74) is 0. The van der Waals surface area contributed by atoms with E-state index in [1.165, 1.54) is 11.8 Å². The van der Waals surface area contributed by atoms with Crippen molar-refractivity contribution in [3.05, 3.63) is 6.33 Å². The molecule has 0 saturated heterocycles. The van der Waals surface area contributed by atoms with Gasteiger partial charge < -0.3 is 15.0 Å². The first-order valence-corrected chi connectivity index (χ1v) is 8.52. The molecule has 1 aliphatic rings. The predicted molar refractivity (Wildman–Crippen MR) is 82.1 cm³/mol. The molecule has 0 aliphatic heterocycles. The molecular weight excluding hydrogens is 288 g/mol. The van der Waals surface area contributed by atoms with Gasteiger partial charge in [-0.3, -0.25) is 4.79 Å². The highest BCUT2D eigenvalue weighted by atomic mass is 32.2. The van der Waals surface area contributed by atoms with Gasteiger partial charge in [0.25, 0.3) is 0 Å². The number of carbonyl (C=O) groups is 1. The second kappa shape index (κ2) is 7.79. The minimum absolute atomic E-state index is 0.0319. The summed E-state index contributed by atoms with van der Waals surface area (Å²) in [5.74, 6) is 0.895. The number of carbonyl (C=O) groups excluding carboxylic acids is 1. The lowest BCUT2D eigenvalue weighted by atomic mass is 9.87. The van der Waals surface area contributed by atoms with E-state index >= 15 is 0 Å². The maximum atomic E-state index is 11.9. The topological polar surface area (TPSA) is 80.0 Å². The number of nitrogens with one attached hydrogen (secondary N) is 1. The van der Waals surface area contributed by atoms with Crippen molar-refractivity contribution in [3.8, 4) is 0 Å². The number of amides is 1. The SMILES string of the molecule is CC(C)n1cnnc1SCC(=O)NCC1CCC(O)CC1. The number of hydrogen-bond donors (Lipinski definition) is 2. The number of aliphatic hydroxyl groups excluding tert-OH is 1. The number of rotatable bonds is 6. The summed E-state index contributed by atoms with van der Waals surface area (Å²) >= 11 is 1.41. The first kappa shape index (κ1) is 16.3. The minimum atomic E-state index is -0.144. The monoisotopic (exact) mass is 312 g/mol. The Balaban J connectivity index is 1.69.